The van der Waals surface area contributed by atoms with Gasteiger partial charge in [0.1, 0.15) is 17.5 Å². The van der Waals surface area contributed by atoms with Gasteiger partial charge in [-0.05, 0) is 95.1 Å². The number of ether oxygens (including phenoxy) is 2. The zero-order valence-corrected chi connectivity index (χ0v) is 26.8. The molecule has 0 aliphatic carbocycles. The molecule has 4 aromatic rings. The third kappa shape index (κ3) is 5.33. The topological polar surface area (TPSA) is 78.1 Å². The summed E-state index contributed by atoms with van der Waals surface area (Å²) in [7, 11) is 3.18. The maximum absolute atomic E-state index is 14.3. The maximum atomic E-state index is 14.3. The number of aryl methyl sites for hydroxylation is 2. The summed E-state index contributed by atoms with van der Waals surface area (Å²) in [5.41, 5.74) is 6.81. The predicted molar refractivity (Wildman–Crippen MR) is 171 cm³/mol. The van der Waals surface area contributed by atoms with Crippen molar-refractivity contribution >= 4 is 23.3 Å². The summed E-state index contributed by atoms with van der Waals surface area (Å²) < 4.78 is 15.7. The van der Waals surface area contributed by atoms with E-state index in [0.717, 1.165) is 22.6 Å². The molecule has 0 bridgehead atoms. The molecule has 0 saturated heterocycles. The molecule has 3 heterocycles. The Morgan fingerprint density at radius 3 is 2.42 bits per heavy atom. The van der Waals surface area contributed by atoms with E-state index in [0.29, 0.717) is 50.8 Å². The second-order valence-corrected chi connectivity index (χ2v) is 11.7. The van der Waals surface area contributed by atoms with Crippen molar-refractivity contribution < 1.29 is 14.3 Å². The van der Waals surface area contributed by atoms with E-state index < -0.39 is 6.04 Å². The fraction of sp³-hybridized carbons (Fsp3) is 0.324. The summed E-state index contributed by atoms with van der Waals surface area (Å²) >= 11 is 1.33. The fourth-order valence-electron chi connectivity index (χ4n) is 5.86. The van der Waals surface area contributed by atoms with Gasteiger partial charge >= 0.3 is 0 Å². The molecule has 1 atom stereocenters. The normalized spacial score (nSPS) is 14.9. The van der Waals surface area contributed by atoms with Crippen LogP contribution in [0.4, 0.5) is 0 Å². The standard InChI is InChI=1S/C34H38N4O4S/c1-9-36(10-2)33(40)30-22(5)35-34-38(31(30)27-19-26(41-7)14-15-28(27)42-8)32(39)29(43-34)18-24-17-21(4)37(23(24)6)25-13-11-12-20(3)16-25/h11-19,31H,9-10H2,1-8H3/b29-18-/t31-/m0/s1. The maximum Gasteiger partial charge on any atom is 0.271 e. The van der Waals surface area contributed by atoms with E-state index >= 15 is 0 Å². The Hall–Kier alpha value is -4.37. The van der Waals surface area contributed by atoms with E-state index in [1.54, 1.807) is 35.8 Å². The quantitative estimate of drug-likeness (QED) is 0.291. The van der Waals surface area contributed by atoms with Gasteiger partial charge < -0.3 is 18.9 Å². The highest BCUT2D eigenvalue weighted by molar-refractivity contribution is 7.07. The van der Waals surface area contributed by atoms with Crippen molar-refractivity contribution in [2.45, 2.75) is 47.6 Å². The lowest BCUT2D eigenvalue weighted by atomic mass is 9.93. The van der Waals surface area contributed by atoms with Gasteiger partial charge in [0, 0.05) is 35.7 Å². The molecule has 2 aromatic carbocycles. The monoisotopic (exact) mass is 598 g/mol. The molecule has 0 N–H and O–H groups in total. The van der Waals surface area contributed by atoms with Gasteiger partial charge in [-0.3, -0.25) is 14.2 Å². The van der Waals surface area contributed by atoms with E-state index in [2.05, 4.69) is 49.6 Å². The molecule has 0 unspecified atom stereocenters. The molecule has 0 spiro atoms. The van der Waals surface area contributed by atoms with E-state index in [-0.39, 0.29) is 11.5 Å². The van der Waals surface area contributed by atoms with Crippen LogP contribution in [0.25, 0.3) is 11.8 Å². The van der Waals surface area contributed by atoms with Crippen LogP contribution < -0.4 is 24.4 Å². The number of hydrogen-bond donors (Lipinski definition) is 0. The van der Waals surface area contributed by atoms with Crippen molar-refractivity contribution in [1.29, 1.82) is 0 Å². The molecule has 0 radical (unpaired) electrons. The number of likely N-dealkylation sites (N-methyl/N-ethyl adjacent to an activating group) is 1. The second-order valence-electron chi connectivity index (χ2n) is 10.7. The number of benzene rings is 2. The highest BCUT2D eigenvalue weighted by Crippen LogP contribution is 2.38. The van der Waals surface area contributed by atoms with Gasteiger partial charge in [0.05, 0.1) is 30.0 Å². The molecule has 5 rings (SSSR count). The summed E-state index contributed by atoms with van der Waals surface area (Å²) in [5.74, 6) is 1.00. The third-order valence-electron chi connectivity index (χ3n) is 8.05. The minimum absolute atomic E-state index is 0.155. The number of allylic oxidation sites excluding steroid dienone is 1. The Balaban J connectivity index is 1.75. The number of carbonyl (C=O) groups is 1. The summed E-state index contributed by atoms with van der Waals surface area (Å²) in [5, 5.41) is 0. The zero-order chi connectivity index (χ0) is 31.0. The van der Waals surface area contributed by atoms with E-state index in [4.69, 9.17) is 14.5 Å². The Bertz CT molecular complexity index is 1920. The number of fused-ring (bicyclic) bond motifs is 1. The highest BCUT2D eigenvalue weighted by atomic mass is 32.1. The van der Waals surface area contributed by atoms with Crippen molar-refractivity contribution in [3.8, 4) is 17.2 Å². The number of nitrogens with zero attached hydrogens (tertiary/aromatic N) is 4. The summed E-state index contributed by atoms with van der Waals surface area (Å²) in [6, 6.07) is 15.2. The average molecular weight is 599 g/mol. The SMILES string of the molecule is CCN(CC)C(=O)C1=C(C)N=c2s/c(=C\c3cc(C)n(-c4cccc(C)c4)c3C)c(=O)n2[C@H]1c1cc(OC)ccc1OC. The Kier molecular flexibility index (Phi) is 8.46. The molecule has 1 amide bonds. The van der Waals surface area contributed by atoms with E-state index in [1.807, 2.05) is 39.0 Å². The first-order valence-corrected chi connectivity index (χ1v) is 15.2. The van der Waals surface area contributed by atoms with Gasteiger partial charge in [0.2, 0.25) is 0 Å². The molecular weight excluding hydrogens is 560 g/mol. The van der Waals surface area contributed by atoms with Gasteiger partial charge in [0.25, 0.3) is 11.5 Å². The molecule has 2 aromatic heterocycles. The lowest BCUT2D eigenvalue weighted by molar-refractivity contribution is -0.127. The van der Waals surface area contributed by atoms with Crippen molar-refractivity contribution in [3.63, 3.8) is 0 Å². The van der Waals surface area contributed by atoms with Crippen LogP contribution in [0.3, 0.4) is 0 Å². The number of carbonyl (C=O) groups excluding carboxylic acids is 1. The van der Waals surface area contributed by atoms with Crippen LogP contribution in [0.15, 0.2) is 69.6 Å². The summed E-state index contributed by atoms with van der Waals surface area (Å²) in [6.45, 7) is 13.0. The van der Waals surface area contributed by atoms with Crippen LogP contribution in [0, 0.1) is 20.8 Å². The largest absolute Gasteiger partial charge is 0.497 e. The molecule has 8 nitrogen and oxygen atoms in total. The first-order chi connectivity index (χ1) is 20.6. The predicted octanol–water partition coefficient (Wildman–Crippen LogP) is 4.84. The Morgan fingerprint density at radius 2 is 1.77 bits per heavy atom. The van der Waals surface area contributed by atoms with Gasteiger partial charge in [0.15, 0.2) is 4.80 Å². The zero-order valence-electron chi connectivity index (χ0n) is 26.0. The van der Waals surface area contributed by atoms with Crippen molar-refractivity contribution in [3.05, 3.63) is 108 Å². The van der Waals surface area contributed by atoms with Crippen LogP contribution in [-0.4, -0.2) is 47.3 Å². The molecule has 1 aliphatic rings. The van der Waals surface area contributed by atoms with Crippen LogP contribution >= 0.6 is 11.3 Å². The molecule has 224 valence electrons. The number of aromatic nitrogens is 2. The first kappa shape index (κ1) is 30.1. The van der Waals surface area contributed by atoms with Gasteiger partial charge in [-0.1, -0.05) is 23.5 Å². The Morgan fingerprint density at radius 1 is 1.02 bits per heavy atom. The lowest BCUT2D eigenvalue weighted by Gasteiger charge is -2.30. The van der Waals surface area contributed by atoms with Crippen LogP contribution in [-0.2, 0) is 4.79 Å². The minimum atomic E-state index is -0.740. The van der Waals surface area contributed by atoms with Crippen LogP contribution in [0.5, 0.6) is 11.5 Å². The van der Waals surface area contributed by atoms with Gasteiger partial charge in [-0.2, -0.15) is 0 Å². The molecule has 0 fully saturated rings. The molecule has 1 aliphatic heterocycles. The third-order valence-corrected chi connectivity index (χ3v) is 9.03. The smallest absolute Gasteiger partial charge is 0.271 e. The molecular formula is C34H38N4O4S. The first-order valence-electron chi connectivity index (χ1n) is 14.4. The van der Waals surface area contributed by atoms with Crippen molar-refractivity contribution in [1.82, 2.24) is 14.0 Å². The summed E-state index contributed by atoms with van der Waals surface area (Å²) in [4.78, 5) is 35.4. The van der Waals surface area contributed by atoms with Gasteiger partial charge in [-0.15, -0.1) is 0 Å². The minimum Gasteiger partial charge on any atom is -0.497 e. The summed E-state index contributed by atoms with van der Waals surface area (Å²) in [6.07, 6.45) is 1.93. The van der Waals surface area contributed by atoms with E-state index in [1.165, 1.54) is 16.9 Å². The number of amides is 1. The molecule has 43 heavy (non-hydrogen) atoms. The number of thiazole rings is 1. The number of rotatable bonds is 8. The van der Waals surface area contributed by atoms with Crippen LogP contribution in [0.2, 0.25) is 0 Å². The second kappa shape index (κ2) is 12.1. The molecule has 0 saturated carbocycles. The fourth-order valence-corrected chi connectivity index (χ4v) is 6.90. The van der Waals surface area contributed by atoms with Crippen LogP contribution in [0.1, 0.15) is 54.9 Å². The lowest BCUT2D eigenvalue weighted by Crippen LogP contribution is -2.43. The number of methoxy groups -OCH3 is 2. The average Bonchev–Trinajstić information content (AvgIpc) is 3.45. The van der Waals surface area contributed by atoms with Crippen molar-refractivity contribution in [2.75, 3.05) is 27.3 Å². The Labute approximate surface area is 255 Å². The van der Waals surface area contributed by atoms with E-state index in [9.17, 15) is 9.59 Å². The van der Waals surface area contributed by atoms with Gasteiger partial charge in [-0.25, -0.2) is 4.99 Å². The highest BCUT2D eigenvalue weighted by Gasteiger charge is 2.36. The van der Waals surface area contributed by atoms with Crippen molar-refractivity contribution in [2.24, 2.45) is 4.99 Å². The molecule has 9 heteroatoms. The number of hydrogen-bond acceptors (Lipinski definition) is 6.